The van der Waals surface area contributed by atoms with Crippen molar-refractivity contribution in [3.8, 4) is 17.2 Å². The van der Waals surface area contributed by atoms with Crippen LogP contribution in [-0.2, 0) is 4.74 Å². The fraction of sp³-hybridized carbons (Fsp3) is 0.409. The number of hydrogen-bond donors (Lipinski definition) is 4. The summed E-state index contributed by atoms with van der Waals surface area (Å²) in [6.45, 7) is 1.18. The first-order chi connectivity index (χ1) is 15.3. The quantitative estimate of drug-likeness (QED) is 0.320. The van der Waals surface area contributed by atoms with Crippen molar-refractivity contribution in [2.24, 2.45) is 0 Å². The summed E-state index contributed by atoms with van der Waals surface area (Å²) in [4.78, 5) is 12.6. The van der Waals surface area contributed by atoms with Crippen molar-refractivity contribution in [2.45, 2.75) is 37.6 Å². The minimum absolute atomic E-state index is 0.0735. The standard InChI is InChI=1S/C22H24O10/c1-9-6-13(30-22-18(26)17(25)16(24)14(8-23)31-22)19(29-3)20-15(9)12-7-10(28-2)4-5-11(12)21(27)32-20/h4-7,14,16-18,22-26H,8H2,1-3H3/t14-,16-,17+,18-,22-/m1/s1. The zero-order valence-electron chi connectivity index (χ0n) is 17.6. The van der Waals surface area contributed by atoms with Gasteiger partial charge in [-0.25, -0.2) is 4.79 Å². The molecule has 0 unspecified atom stereocenters. The number of ether oxygens (including phenoxy) is 4. The van der Waals surface area contributed by atoms with Crippen LogP contribution < -0.4 is 19.8 Å². The zero-order chi connectivity index (χ0) is 23.2. The maximum atomic E-state index is 12.6. The third kappa shape index (κ3) is 3.55. The molecular formula is C22H24O10. The summed E-state index contributed by atoms with van der Waals surface area (Å²) in [6.07, 6.45) is -7.30. The van der Waals surface area contributed by atoms with Crippen molar-refractivity contribution in [2.75, 3.05) is 20.8 Å². The van der Waals surface area contributed by atoms with E-state index in [1.807, 2.05) is 0 Å². The van der Waals surface area contributed by atoms with Crippen LogP contribution in [0.15, 0.2) is 33.5 Å². The lowest BCUT2D eigenvalue weighted by Crippen LogP contribution is -2.60. The maximum absolute atomic E-state index is 12.6. The van der Waals surface area contributed by atoms with E-state index < -0.39 is 42.9 Å². The number of fused-ring (bicyclic) bond motifs is 3. The van der Waals surface area contributed by atoms with Crippen LogP contribution in [0, 0.1) is 6.92 Å². The molecule has 0 saturated carbocycles. The van der Waals surface area contributed by atoms with E-state index in [0.29, 0.717) is 27.5 Å². The van der Waals surface area contributed by atoms with Crippen LogP contribution in [0.25, 0.3) is 21.7 Å². The second-order valence-electron chi connectivity index (χ2n) is 7.55. The molecule has 0 radical (unpaired) electrons. The highest BCUT2D eigenvalue weighted by atomic mass is 16.7. The van der Waals surface area contributed by atoms with Gasteiger partial charge in [-0.15, -0.1) is 0 Å². The smallest absolute Gasteiger partial charge is 0.344 e. The summed E-state index contributed by atoms with van der Waals surface area (Å²) >= 11 is 0. The van der Waals surface area contributed by atoms with Gasteiger partial charge in [0.1, 0.15) is 30.2 Å². The highest BCUT2D eigenvalue weighted by molar-refractivity contribution is 6.08. The number of methoxy groups -OCH3 is 2. The first-order valence-corrected chi connectivity index (χ1v) is 9.90. The number of aryl methyl sites for hydroxylation is 1. The van der Waals surface area contributed by atoms with Gasteiger partial charge in [0.25, 0.3) is 0 Å². The summed E-state index contributed by atoms with van der Waals surface area (Å²) < 4.78 is 27.5. The topological polar surface area (TPSA) is 148 Å². The molecule has 0 bridgehead atoms. The van der Waals surface area contributed by atoms with Crippen LogP contribution in [-0.4, -0.2) is 72.0 Å². The largest absolute Gasteiger partial charge is 0.497 e. The first-order valence-electron chi connectivity index (χ1n) is 9.90. The number of rotatable bonds is 5. The molecule has 2 aromatic carbocycles. The Labute approximate surface area is 182 Å². The average Bonchev–Trinajstić information content (AvgIpc) is 2.79. The summed E-state index contributed by atoms with van der Waals surface area (Å²) in [5.41, 5.74) is 0.207. The molecule has 4 N–H and O–H groups in total. The molecule has 0 amide bonds. The Morgan fingerprint density at radius 1 is 1.00 bits per heavy atom. The second kappa shape index (κ2) is 8.57. The minimum Gasteiger partial charge on any atom is -0.497 e. The van der Waals surface area contributed by atoms with E-state index in [4.69, 9.17) is 23.4 Å². The van der Waals surface area contributed by atoms with Gasteiger partial charge >= 0.3 is 5.63 Å². The van der Waals surface area contributed by atoms with Gasteiger partial charge in [0, 0.05) is 10.8 Å². The molecule has 5 atom stereocenters. The van der Waals surface area contributed by atoms with Gasteiger partial charge in [0.2, 0.25) is 12.0 Å². The molecule has 1 aliphatic heterocycles. The summed E-state index contributed by atoms with van der Waals surface area (Å²) in [7, 11) is 2.88. The van der Waals surface area contributed by atoms with Crippen LogP contribution >= 0.6 is 0 Å². The fourth-order valence-corrected chi connectivity index (χ4v) is 3.92. The Hall–Kier alpha value is -2.89. The number of aliphatic hydroxyl groups is 4. The molecule has 4 rings (SSSR count). The number of benzene rings is 2. The van der Waals surface area contributed by atoms with Crippen molar-refractivity contribution < 1.29 is 43.8 Å². The van der Waals surface area contributed by atoms with Crippen LogP contribution in [0.3, 0.4) is 0 Å². The third-order valence-electron chi connectivity index (χ3n) is 5.61. The molecule has 1 saturated heterocycles. The Morgan fingerprint density at radius 3 is 2.41 bits per heavy atom. The van der Waals surface area contributed by atoms with Crippen molar-refractivity contribution in [1.29, 1.82) is 0 Å². The number of hydrogen-bond acceptors (Lipinski definition) is 10. The summed E-state index contributed by atoms with van der Waals surface area (Å²) in [5.74, 6) is 0.709. The lowest BCUT2D eigenvalue weighted by Gasteiger charge is -2.39. The van der Waals surface area contributed by atoms with Gasteiger partial charge < -0.3 is 43.8 Å². The average molecular weight is 448 g/mol. The van der Waals surface area contributed by atoms with Gasteiger partial charge in [-0.3, -0.25) is 0 Å². The molecule has 10 nitrogen and oxygen atoms in total. The van der Waals surface area contributed by atoms with Gasteiger partial charge in [-0.05, 0) is 36.8 Å². The van der Waals surface area contributed by atoms with E-state index in [1.54, 1.807) is 31.2 Å². The first kappa shape index (κ1) is 22.3. The molecule has 0 spiro atoms. The van der Waals surface area contributed by atoms with Gasteiger partial charge in [0.05, 0.1) is 26.2 Å². The van der Waals surface area contributed by atoms with E-state index in [0.717, 1.165) is 0 Å². The maximum Gasteiger partial charge on any atom is 0.344 e. The minimum atomic E-state index is -1.61. The van der Waals surface area contributed by atoms with E-state index in [9.17, 15) is 25.2 Å². The molecule has 0 aliphatic carbocycles. The molecule has 3 aromatic rings. The fourth-order valence-electron chi connectivity index (χ4n) is 3.92. The van der Waals surface area contributed by atoms with Crippen LogP contribution in [0.5, 0.6) is 17.2 Å². The monoisotopic (exact) mass is 448 g/mol. The van der Waals surface area contributed by atoms with Crippen molar-refractivity contribution in [1.82, 2.24) is 0 Å². The van der Waals surface area contributed by atoms with E-state index in [1.165, 1.54) is 14.2 Å². The van der Waals surface area contributed by atoms with Crippen LogP contribution in [0.2, 0.25) is 0 Å². The molecule has 2 heterocycles. The van der Waals surface area contributed by atoms with Crippen molar-refractivity contribution >= 4 is 21.7 Å². The summed E-state index contributed by atoms with van der Waals surface area (Å²) in [5, 5.41) is 41.3. The lowest BCUT2D eigenvalue weighted by molar-refractivity contribution is -0.277. The van der Waals surface area contributed by atoms with Crippen LogP contribution in [0.1, 0.15) is 5.56 Å². The van der Waals surface area contributed by atoms with Crippen molar-refractivity contribution in [3.05, 3.63) is 40.2 Å². The van der Waals surface area contributed by atoms with E-state index in [2.05, 4.69) is 0 Å². The Kier molecular flexibility index (Phi) is 5.97. The highest BCUT2D eigenvalue weighted by Gasteiger charge is 2.45. The molecule has 1 aromatic heterocycles. The Morgan fingerprint density at radius 2 is 1.75 bits per heavy atom. The molecular weight excluding hydrogens is 424 g/mol. The molecule has 1 fully saturated rings. The molecule has 10 heteroatoms. The Bertz CT molecular complexity index is 1200. The summed E-state index contributed by atoms with van der Waals surface area (Å²) in [6, 6.07) is 6.61. The normalized spacial score (nSPS) is 25.8. The van der Waals surface area contributed by atoms with Gasteiger partial charge in [-0.1, -0.05) is 0 Å². The SMILES string of the molecule is COc1ccc2c(=O)oc3c(OC)c(O[C@@H]4O[C@H](CO)[C@@H](O)[C@H](O)[C@H]4O)cc(C)c3c2c1. The molecule has 1 aliphatic rings. The highest BCUT2D eigenvalue weighted by Crippen LogP contribution is 2.41. The molecule has 172 valence electrons. The van der Waals surface area contributed by atoms with E-state index in [-0.39, 0.29) is 17.1 Å². The molecule has 32 heavy (non-hydrogen) atoms. The zero-order valence-corrected chi connectivity index (χ0v) is 17.6. The predicted molar refractivity (Wildman–Crippen MR) is 112 cm³/mol. The number of aliphatic hydroxyl groups excluding tert-OH is 4. The van der Waals surface area contributed by atoms with Crippen molar-refractivity contribution in [3.63, 3.8) is 0 Å². The second-order valence-corrected chi connectivity index (χ2v) is 7.55. The predicted octanol–water partition coefficient (Wildman–Crippen LogP) is 0.451. The van der Waals surface area contributed by atoms with Crippen LogP contribution in [0.4, 0.5) is 0 Å². The van der Waals surface area contributed by atoms with E-state index >= 15 is 0 Å². The third-order valence-corrected chi connectivity index (χ3v) is 5.61. The Balaban J connectivity index is 1.86. The van der Waals surface area contributed by atoms with Gasteiger partial charge in [-0.2, -0.15) is 0 Å². The van der Waals surface area contributed by atoms with Gasteiger partial charge in [0.15, 0.2) is 11.3 Å². The lowest BCUT2D eigenvalue weighted by atomic mass is 9.99.